The molecule has 4 aromatic rings. The van der Waals surface area contributed by atoms with E-state index in [2.05, 4.69) is 34.6 Å². The minimum atomic E-state index is -4.58. The average molecular weight is 479 g/mol. The van der Waals surface area contributed by atoms with Gasteiger partial charge in [0, 0.05) is 20.1 Å². The Hall–Kier alpha value is -2.49. The van der Waals surface area contributed by atoms with E-state index in [1.807, 2.05) is 18.2 Å². The fraction of sp³-hybridized carbons (Fsp3) is 0.318. The van der Waals surface area contributed by atoms with Crippen LogP contribution >= 0.6 is 11.6 Å². The van der Waals surface area contributed by atoms with Crippen LogP contribution in [0.5, 0.6) is 0 Å². The molecule has 0 aliphatic carbocycles. The van der Waals surface area contributed by atoms with Gasteiger partial charge in [0.25, 0.3) is 0 Å². The van der Waals surface area contributed by atoms with E-state index in [4.69, 9.17) is 16.3 Å². The summed E-state index contributed by atoms with van der Waals surface area (Å²) in [6.07, 6.45) is -3.83. The van der Waals surface area contributed by atoms with Gasteiger partial charge < -0.3 is 4.74 Å². The molecular formula is C22H22ClF3N4OSi. The van der Waals surface area contributed by atoms with Crippen molar-refractivity contribution >= 4 is 41.7 Å². The Morgan fingerprint density at radius 3 is 2.59 bits per heavy atom. The molecule has 0 spiro atoms. The van der Waals surface area contributed by atoms with Crippen molar-refractivity contribution in [2.75, 3.05) is 6.61 Å². The molecule has 0 saturated heterocycles. The maximum Gasteiger partial charge on any atom is 0.434 e. The van der Waals surface area contributed by atoms with Crippen LogP contribution in [0.25, 0.3) is 33.5 Å². The number of para-hydroxylation sites is 1. The molecule has 0 atom stereocenters. The standard InChI is InChI=1S/C22H22ClF3N4OSi/c1-32(2,3)10-9-31-13-30-18(11-17-21(30)27-12-19(28-17)22(24,25)26)16-8-7-14-5-4-6-15(23)20(14)29-16/h4-8,11-12H,9-10,13H2,1-3H3. The highest BCUT2D eigenvalue weighted by molar-refractivity contribution is 6.76. The van der Waals surface area contributed by atoms with Gasteiger partial charge in [0.05, 0.1) is 28.1 Å². The predicted octanol–water partition coefficient (Wildman–Crippen LogP) is 6.63. The Balaban J connectivity index is 1.79. The molecule has 4 rings (SSSR count). The second-order valence-corrected chi connectivity index (χ2v) is 14.8. The number of hydrogen-bond acceptors (Lipinski definition) is 4. The SMILES string of the molecule is C[Si](C)(C)CCOCn1c(-c2ccc3cccc(Cl)c3n2)cc2nc(C(F)(F)F)cnc21. The lowest BCUT2D eigenvalue weighted by Crippen LogP contribution is -2.22. The van der Waals surface area contributed by atoms with Crippen molar-refractivity contribution < 1.29 is 17.9 Å². The normalized spacial score (nSPS) is 12.7. The fourth-order valence-corrected chi connectivity index (χ4v) is 4.27. The maximum absolute atomic E-state index is 13.2. The van der Waals surface area contributed by atoms with E-state index in [0.29, 0.717) is 34.2 Å². The zero-order chi connectivity index (χ0) is 23.1. The summed E-state index contributed by atoms with van der Waals surface area (Å²) in [6, 6.07) is 11.7. The zero-order valence-corrected chi connectivity index (χ0v) is 19.6. The van der Waals surface area contributed by atoms with Crippen molar-refractivity contribution in [3.05, 3.63) is 53.3 Å². The Bertz CT molecular complexity index is 1280. The van der Waals surface area contributed by atoms with E-state index < -0.39 is 19.9 Å². The van der Waals surface area contributed by atoms with Crippen molar-refractivity contribution in [2.24, 2.45) is 0 Å². The summed E-state index contributed by atoms with van der Waals surface area (Å²) in [6.45, 7) is 7.44. The quantitative estimate of drug-likeness (QED) is 0.230. The fourth-order valence-electron chi connectivity index (χ4n) is 3.29. The van der Waals surface area contributed by atoms with Crippen molar-refractivity contribution in [2.45, 2.75) is 38.6 Å². The molecule has 0 saturated carbocycles. The second kappa shape index (κ2) is 8.46. The molecule has 0 amide bonds. The number of rotatable bonds is 6. The summed E-state index contributed by atoms with van der Waals surface area (Å²) in [7, 11) is -1.29. The van der Waals surface area contributed by atoms with Crippen LogP contribution in [0.2, 0.25) is 30.7 Å². The Morgan fingerprint density at radius 1 is 1.09 bits per heavy atom. The Kier molecular flexibility index (Phi) is 6.00. The van der Waals surface area contributed by atoms with Gasteiger partial charge in [-0.15, -0.1) is 0 Å². The number of alkyl halides is 3. The molecule has 3 heterocycles. The van der Waals surface area contributed by atoms with Crippen LogP contribution in [0.4, 0.5) is 13.2 Å². The molecule has 0 aliphatic rings. The van der Waals surface area contributed by atoms with Gasteiger partial charge in [-0.05, 0) is 24.2 Å². The zero-order valence-electron chi connectivity index (χ0n) is 17.9. The number of pyridine rings is 1. The highest BCUT2D eigenvalue weighted by Crippen LogP contribution is 2.32. The van der Waals surface area contributed by atoms with Crippen LogP contribution in [0.15, 0.2) is 42.6 Å². The van der Waals surface area contributed by atoms with Crippen molar-refractivity contribution in [3.63, 3.8) is 0 Å². The first-order chi connectivity index (χ1) is 15.0. The van der Waals surface area contributed by atoms with Gasteiger partial charge in [-0.2, -0.15) is 13.2 Å². The lowest BCUT2D eigenvalue weighted by atomic mass is 10.2. The molecule has 0 aliphatic heterocycles. The Labute approximate surface area is 189 Å². The summed E-state index contributed by atoms with van der Waals surface area (Å²) in [5, 5.41) is 1.36. The predicted molar refractivity (Wildman–Crippen MR) is 122 cm³/mol. The smallest absolute Gasteiger partial charge is 0.361 e. The lowest BCUT2D eigenvalue weighted by Gasteiger charge is -2.16. The first-order valence-electron chi connectivity index (χ1n) is 10.1. The monoisotopic (exact) mass is 478 g/mol. The first kappa shape index (κ1) is 22.7. The van der Waals surface area contributed by atoms with Crippen LogP contribution in [0, 0.1) is 0 Å². The number of halogens is 4. The van der Waals surface area contributed by atoms with Gasteiger partial charge in [-0.25, -0.2) is 15.0 Å². The lowest BCUT2D eigenvalue weighted by molar-refractivity contribution is -0.141. The van der Waals surface area contributed by atoms with Crippen LogP contribution in [-0.4, -0.2) is 34.2 Å². The van der Waals surface area contributed by atoms with Crippen molar-refractivity contribution in [1.29, 1.82) is 0 Å². The van der Waals surface area contributed by atoms with Crippen molar-refractivity contribution in [1.82, 2.24) is 19.5 Å². The van der Waals surface area contributed by atoms with Crippen LogP contribution in [0.1, 0.15) is 5.69 Å². The number of ether oxygens (including phenoxy) is 1. The van der Waals surface area contributed by atoms with E-state index in [1.165, 1.54) is 0 Å². The van der Waals surface area contributed by atoms with Gasteiger partial charge >= 0.3 is 6.18 Å². The summed E-state index contributed by atoms with van der Waals surface area (Å²) >= 11 is 6.31. The van der Waals surface area contributed by atoms with E-state index >= 15 is 0 Å². The highest BCUT2D eigenvalue weighted by Gasteiger charge is 2.33. The number of aromatic nitrogens is 4. The third kappa shape index (κ3) is 4.79. The largest absolute Gasteiger partial charge is 0.434 e. The molecule has 3 aromatic heterocycles. The average Bonchev–Trinajstić information content (AvgIpc) is 3.08. The molecule has 5 nitrogen and oxygen atoms in total. The van der Waals surface area contributed by atoms with Crippen LogP contribution < -0.4 is 0 Å². The topological polar surface area (TPSA) is 52.8 Å². The van der Waals surface area contributed by atoms with Crippen LogP contribution in [-0.2, 0) is 17.6 Å². The molecule has 32 heavy (non-hydrogen) atoms. The third-order valence-corrected chi connectivity index (χ3v) is 7.05. The molecule has 0 fully saturated rings. The molecule has 168 valence electrons. The van der Waals surface area contributed by atoms with Gasteiger partial charge in [0.15, 0.2) is 11.3 Å². The molecule has 0 bridgehead atoms. The summed E-state index contributed by atoms with van der Waals surface area (Å²) in [4.78, 5) is 12.5. The first-order valence-corrected chi connectivity index (χ1v) is 14.2. The minimum Gasteiger partial charge on any atom is -0.361 e. The highest BCUT2D eigenvalue weighted by atomic mass is 35.5. The minimum absolute atomic E-state index is 0.129. The van der Waals surface area contributed by atoms with Gasteiger partial charge in [0.1, 0.15) is 12.2 Å². The van der Waals surface area contributed by atoms with Gasteiger partial charge in [-0.3, -0.25) is 4.57 Å². The van der Waals surface area contributed by atoms with E-state index in [0.717, 1.165) is 17.6 Å². The summed E-state index contributed by atoms with van der Waals surface area (Å²) in [5.41, 5.74) is 1.12. The number of fused-ring (bicyclic) bond motifs is 2. The molecule has 1 aromatic carbocycles. The number of nitrogens with zero attached hydrogens (tertiary/aromatic N) is 4. The Morgan fingerprint density at radius 2 is 1.88 bits per heavy atom. The second-order valence-electron chi connectivity index (χ2n) is 8.78. The van der Waals surface area contributed by atoms with Crippen molar-refractivity contribution in [3.8, 4) is 11.4 Å². The summed E-state index contributed by atoms with van der Waals surface area (Å²) < 4.78 is 47.1. The van der Waals surface area contributed by atoms with E-state index in [1.54, 1.807) is 22.8 Å². The molecule has 0 unspecified atom stereocenters. The maximum atomic E-state index is 13.2. The van der Waals surface area contributed by atoms with Crippen LogP contribution in [0.3, 0.4) is 0 Å². The van der Waals surface area contributed by atoms with Gasteiger partial charge in [-0.1, -0.05) is 49.4 Å². The number of hydrogen-bond donors (Lipinski definition) is 0. The molecular weight excluding hydrogens is 457 g/mol. The van der Waals surface area contributed by atoms with Gasteiger partial charge in [0.2, 0.25) is 0 Å². The molecule has 0 N–H and O–H groups in total. The van der Waals surface area contributed by atoms with E-state index in [-0.39, 0.29) is 12.2 Å². The molecule has 10 heteroatoms. The molecule has 0 radical (unpaired) electrons. The number of benzene rings is 1. The third-order valence-electron chi connectivity index (χ3n) is 5.04. The summed E-state index contributed by atoms with van der Waals surface area (Å²) in [5.74, 6) is 0. The van der Waals surface area contributed by atoms with E-state index in [9.17, 15) is 13.2 Å².